The van der Waals surface area contributed by atoms with E-state index >= 15 is 0 Å². The molecule has 3 rings (SSSR count). The van der Waals surface area contributed by atoms with Gasteiger partial charge in [-0.1, -0.05) is 40.2 Å². The van der Waals surface area contributed by atoms with Crippen LogP contribution in [0.25, 0.3) is 6.08 Å². The van der Waals surface area contributed by atoms with Crippen LogP contribution in [0.2, 0.25) is 0 Å². The molecule has 0 fully saturated rings. The molecule has 1 amide bonds. The highest BCUT2D eigenvalue weighted by Gasteiger charge is 2.12. The second-order valence-corrected chi connectivity index (χ2v) is 7.95. The summed E-state index contributed by atoms with van der Waals surface area (Å²) in [5.74, 6) is 1.32. The molecule has 0 saturated heterocycles. The van der Waals surface area contributed by atoms with Gasteiger partial charge in [-0.2, -0.15) is 5.26 Å². The Morgan fingerprint density at radius 1 is 0.971 bits per heavy atom. The third-order valence-electron chi connectivity index (χ3n) is 4.71. The number of hydrogen-bond acceptors (Lipinski definition) is 5. The Morgan fingerprint density at radius 2 is 1.71 bits per heavy atom. The van der Waals surface area contributed by atoms with Crippen LogP contribution in [0, 0.1) is 11.3 Å². The Bertz CT molecular complexity index is 1200. The number of benzene rings is 3. The second kappa shape index (κ2) is 12.5. The fourth-order valence-corrected chi connectivity index (χ4v) is 3.49. The van der Waals surface area contributed by atoms with Gasteiger partial charge in [-0.25, -0.2) is 0 Å². The molecule has 1 N–H and O–H groups in total. The minimum Gasteiger partial charge on any atom is -0.494 e. The van der Waals surface area contributed by atoms with Crippen molar-refractivity contribution in [2.24, 2.45) is 0 Å². The lowest BCUT2D eigenvalue weighted by atomic mass is 10.1. The predicted octanol–water partition coefficient (Wildman–Crippen LogP) is 6.37. The smallest absolute Gasteiger partial charge is 0.266 e. The molecule has 174 valence electrons. The Labute approximate surface area is 207 Å². The number of carbonyl (C=O) groups excluding carboxylic acids is 1. The zero-order chi connectivity index (χ0) is 24.3. The molecule has 0 aromatic heterocycles. The van der Waals surface area contributed by atoms with Gasteiger partial charge in [0.2, 0.25) is 0 Å². The fraction of sp³-hybridized carbons (Fsp3) is 0.185. The molecule has 0 radical (unpaired) electrons. The number of halogens is 1. The van der Waals surface area contributed by atoms with Gasteiger partial charge in [-0.3, -0.25) is 4.79 Å². The van der Waals surface area contributed by atoms with Gasteiger partial charge in [0.15, 0.2) is 11.5 Å². The molecule has 3 aromatic rings. The molecule has 0 aliphatic carbocycles. The van der Waals surface area contributed by atoms with Crippen LogP contribution in [0.4, 0.5) is 5.69 Å². The zero-order valence-electron chi connectivity index (χ0n) is 19.0. The largest absolute Gasteiger partial charge is 0.494 e. The van der Waals surface area contributed by atoms with Gasteiger partial charge >= 0.3 is 0 Å². The molecule has 0 unspecified atom stereocenters. The van der Waals surface area contributed by atoms with Crippen LogP contribution < -0.4 is 19.5 Å². The highest BCUT2D eigenvalue weighted by molar-refractivity contribution is 9.10. The first-order chi connectivity index (χ1) is 16.5. The van der Waals surface area contributed by atoms with Gasteiger partial charge in [0, 0.05) is 15.7 Å². The number of ether oxygens (including phenoxy) is 3. The van der Waals surface area contributed by atoms with Crippen LogP contribution in [0.15, 0.2) is 76.8 Å². The van der Waals surface area contributed by atoms with Crippen LogP contribution in [0.1, 0.15) is 25.0 Å². The van der Waals surface area contributed by atoms with Gasteiger partial charge in [-0.15, -0.1) is 0 Å². The van der Waals surface area contributed by atoms with Gasteiger partial charge in [0.1, 0.15) is 24.0 Å². The van der Waals surface area contributed by atoms with Crippen molar-refractivity contribution < 1.29 is 19.0 Å². The normalized spacial score (nSPS) is 10.8. The third kappa shape index (κ3) is 6.87. The summed E-state index contributed by atoms with van der Waals surface area (Å²) in [6.07, 6.45) is 1.52. The van der Waals surface area contributed by atoms with E-state index in [0.29, 0.717) is 48.3 Å². The van der Waals surface area contributed by atoms with Gasteiger partial charge < -0.3 is 19.5 Å². The maximum atomic E-state index is 12.6. The number of carbonyl (C=O) groups is 1. The number of anilines is 1. The summed E-state index contributed by atoms with van der Waals surface area (Å²) in [4.78, 5) is 12.6. The van der Waals surface area contributed by atoms with E-state index in [2.05, 4.69) is 21.2 Å². The van der Waals surface area contributed by atoms with E-state index in [4.69, 9.17) is 14.2 Å². The summed E-state index contributed by atoms with van der Waals surface area (Å²) in [7, 11) is 0. The summed E-state index contributed by atoms with van der Waals surface area (Å²) in [6, 6.07) is 22.1. The molecule has 0 atom stereocenters. The van der Waals surface area contributed by atoms with E-state index in [-0.39, 0.29) is 5.57 Å². The summed E-state index contributed by atoms with van der Waals surface area (Å²) in [5.41, 5.74) is 2.19. The van der Waals surface area contributed by atoms with Crippen molar-refractivity contribution in [3.63, 3.8) is 0 Å². The van der Waals surface area contributed by atoms with E-state index in [1.165, 1.54) is 6.08 Å². The molecule has 0 aliphatic heterocycles. The number of amides is 1. The van der Waals surface area contributed by atoms with Crippen molar-refractivity contribution in [3.8, 4) is 23.3 Å². The summed E-state index contributed by atoms with van der Waals surface area (Å²) in [6.45, 7) is 5.15. The maximum absolute atomic E-state index is 12.6. The second-order valence-electron chi connectivity index (χ2n) is 7.10. The molecule has 0 spiro atoms. The number of nitrogens with zero attached hydrogens (tertiary/aromatic N) is 1. The van der Waals surface area contributed by atoms with E-state index in [0.717, 1.165) is 10.0 Å². The molecule has 7 heteroatoms. The van der Waals surface area contributed by atoms with Gasteiger partial charge in [0.05, 0.1) is 13.2 Å². The van der Waals surface area contributed by atoms with Crippen LogP contribution in [-0.4, -0.2) is 19.1 Å². The molecular formula is C27H25BrN2O4. The number of rotatable bonds is 10. The van der Waals surface area contributed by atoms with Crippen molar-refractivity contribution in [2.45, 2.75) is 20.5 Å². The van der Waals surface area contributed by atoms with Crippen molar-refractivity contribution in [2.75, 3.05) is 18.5 Å². The highest BCUT2D eigenvalue weighted by Crippen LogP contribution is 2.31. The van der Waals surface area contributed by atoms with E-state index in [1.807, 2.05) is 44.2 Å². The number of hydrogen-bond donors (Lipinski definition) is 1. The van der Waals surface area contributed by atoms with Crippen molar-refractivity contribution >= 4 is 33.6 Å². The Balaban J connectivity index is 1.75. The number of nitriles is 1. The monoisotopic (exact) mass is 520 g/mol. The van der Waals surface area contributed by atoms with E-state index in [1.54, 1.807) is 42.5 Å². The van der Waals surface area contributed by atoms with E-state index in [9.17, 15) is 10.1 Å². The fourth-order valence-electron chi connectivity index (χ4n) is 3.09. The summed E-state index contributed by atoms with van der Waals surface area (Å²) < 4.78 is 18.1. The molecule has 0 saturated carbocycles. The molecular weight excluding hydrogens is 496 g/mol. The lowest BCUT2D eigenvalue weighted by Crippen LogP contribution is -2.13. The Hall–Kier alpha value is -3.76. The molecule has 3 aromatic carbocycles. The van der Waals surface area contributed by atoms with Crippen molar-refractivity contribution in [3.05, 3.63) is 87.9 Å². The average Bonchev–Trinajstić information content (AvgIpc) is 2.84. The minimum atomic E-state index is -0.501. The third-order valence-corrected chi connectivity index (χ3v) is 5.48. The Morgan fingerprint density at radius 3 is 2.38 bits per heavy atom. The molecule has 0 heterocycles. The first-order valence-electron chi connectivity index (χ1n) is 10.8. The van der Waals surface area contributed by atoms with Crippen LogP contribution >= 0.6 is 15.9 Å². The first-order valence-corrected chi connectivity index (χ1v) is 11.6. The van der Waals surface area contributed by atoms with Crippen molar-refractivity contribution in [1.29, 1.82) is 5.26 Å². The quantitative estimate of drug-likeness (QED) is 0.248. The van der Waals surface area contributed by atoms with Crippen LogP contribution in [0.5, 0.6) is 17.2 Å². The SMILES string of the molecule is CCOc1ccc(NC(=O)/C(C#N)=C/c2ccc(OCc3ccccc3Br)c(OCC)c2)cc1. The van der Waals surface area contributed by atoms with E-state index < -0.39 is 5.91 Å². The lowest BCUT2D eigenvalue weighted by Gasteiger charge is -2.13. The minimum absolute atomic E-state index is 0.0294. The van der Waals surface area contributed by atoms with Crippen LogP contribution in [-0.2, 0) is 11.4 Å². The van der Waals surface area contributed by atoms with Gasteiger partial charge in [0.25, 0.3) is 5.91 Å². The summed E-state index contributed by atoms with van der Waals surface area (Å²) >= 11 is 3.52. The maximum Gasteiger partial charge on any atom is 0.266 e. The molecule has 6 nitrogen and oxygen atoms in total. The highest BCUT2D eigenvalue weighted by atomic mass is 79.9. The Kier molecular flexibility index (Phi) is 9.12. The van der Waals surface area contributed by atoms with Gasteiger partial charge in [-0.05, 0) is 68.0 Å². The number of nitrogens with one attached hydrogen (secondary N) is 1. The predicted molar refractivity (Wildman–Crippen MR) is 136 cm³/mol. The van der Waals surface area contributed by atoms with Crippen molar-refractivity contribution in [1.82, 2.24) is 0 Å². The molecule has 0 bridgehead atoms. The molecule has 0 aliphatic rings. The standard InChI is InChI=1S/C27H25BrN2O4/c1-3-32-23-12-10-22(11-13-23)30-27(31)21(17-29)15-19-9-14-25(26(16-19)33-4-2)34-18-20-7-5-6-8-24(20)28/h5-16H,3-4,18H2,1-2H3,(H,30,31)/b21-15+. The zero-order valence-corrected chi connectivity index (χ0v) is 20.6. The van der Waals surface area contributed by atoms with Crippen LogP contribution in [0.3, 0.4) is 0 Å². The molecule has 34 heavy (non-hydrogen) atoms. The first kappa shape index (κ1) is 24.9. The summed E-state index contributed by atoms with van der Waals surface area (Å²) in [5, 5.41) is 12.3. The lowest BCUT2D eigenvalue weighted by molar-refractivity contribution is -0.112. The average molecular weight is 521 g/mol. The topological polar surface area (TPSA) is 80.6 Å².